The maximum atomic E-state index is 12.4. The molecule has 0 amide bonds. The second-order valence-corrected chi connectivity index (χ2v) is 4.83. The van der Waals surface area contributed by atoms with E-state index in [1.165, 1.54) is 12.1 Å². The fraction of sp³-hybridized carbons (Fsp3) is 0.200. The van der Waals surface area contributed by atoms with Gasteiger partial charge in [0.15, 0.2) is 0 Å². The summed E-state index contributed by atoms with van der Waals surface area (Å²) in [6, 6.07) is 10.2. The van der Waals surface area contributed by atoms with Crippen LogP contribution in [0, 0.1) is 6.92 Å². The lowest BCUT2D eigenvalue weighted by atomic mass is 10.1. The maximum Gasteiger partial charge on any atom is 0.416 e. The third kappa shape index (κ3) is 3.67. The standard InChI is InChI=1S/C15H12ClF3O/c1-10-2-7-13(16)8-14(10)20-9-11-3-5-12(6-4-11)15(17,18)19/h2-8H,9H2,1H3. The second kappa shape index (κ2) is 5.75. The quantitative estimate of drug-likeness (QED) is 0.752. The summed E-state index contributed by atoms with van der Waals surface area (Å²) in [7, 11) is 0. The van der Waals surface area contributed by atoms with Crippen molar-refractivity contribution in [2.75, 3.05) is 0 Å². The molecule has 0 radical (unpaired) electrons. The van der Waals surface area contributed by atoms with Crippen LogP contribution in [-0.2, 0) is 12.8 Å². The van der Waals surface area contributed by atoms with Gasteiger partial charge in [-0.2, -0.15) is 13.2 Å². The Kier molecular flexibility index (Phi) is 4.23. The number of alkyl halides is 3. The van der Waals surface area contributed by atoms with Crippen LogP contribution < -0.4 is 4.74 Å². The molecule has 2 rings (SSSR count). The van der Waals surface area contributed by atoms with E-state index in [-0.39, 0.29) is 6.61 Å². The molecule has 0 aliphatic rings. The highest BCUT2D eigenvalue weighted by molar-refractivity contribution is 6.30. The van der Waals surface area contributed by atoms with Crippen LogP contribution >= 0.6 is 11.6 Å². The number of aryl methyl sites for hydroxylation is 1. The Morgan fingerprint density at radius 3 is 2.30 bits per heavy atom. The highest BCUT2D eigenvalue weighted by Gasteiger charge is 2.29. The Bertz CT molecular complexity index is 591. The van der Waals surface area contributed by atoms with Gasteiger partial charge in [-0.3, -0.25) is 0 Å². The van der Waals surface area contributed by atoms with Crippen LogP contribution in [0.5, 0.6) is 5.75 Å². The summed E-state index contributed by atoms with van der Waals surface area (Å²) in [5, 5.41) is 0.554. The van der Waals surface area contributed by atoms with Gasteiger partial charge in [0.2, 0.25) is 0 Å². The molecule has 0 bridgehead atoms. The van der Waals surface area contributed by atoms with Gasteiger partial charge in [-0.1, -0.05) is 29.8 Å². The molecule has 0 fully saturated rings. The van der Waals surface area contributed by atoms with Crippen molar-refractivity contribution in [1.82, 2.24) is 0 Å². The van der Waals surface area contributed by atoms with Gasteiger partial charge in [-0.15, -0.1) is 0 Å². The predicted octanol–water partition coefficient (Wildman–Crippen LogP) is 5.25. The summed E-state index contributed by atoms with van der Waals surface area (Å²) >= 11 is 5.86. The van der Waals surface area contributed by atoms with E-state index < -0.39 is 11.7 Å². The maximum absolute atomic E-state index is 12.4. The van der Waals surface area contributed by atoms with E-state index in [0.717, 1.165) is 17.7 Å². The predicted molar refractivity (Wildman–Crippen MR) is 72.0 cm³/mol. The summed E-state index contributed by atoms with van der Waals surface area (Å²) in [5.74, 6) is 0.623. The monoisotopic (exact) mass is 300 g/mol. The minimum absolute atomic E-state index is 0.194. The lowest BCUT2D eigenvalue weighted by molar-refractivity contribution is -0.137. The second-order valence-electron chi connectivity index (χ2n) is 4.39. The Morgan fingerprint density at radius 2 is 1.70 bits per heavy atom. The van der Waals surface area contributed by atoms with Crippen LogP contribution in [-0.4, -0.2) is 0 Å². The molecule has 0 heterocycles. The van der Waals surface area contributed by atoms with Gasteiger partial charge < -0.3 is 4.74 Å². The number of rotatable bonds is 3. The molecule has 0 unspecified atom stereocenters. The molecule has 2 aromatic carbocycles. The van der Waals surface area contributed by atoms with Crippen molar-refractivity contribution < 1.29 is 17.9 Å². The van der Waals surface area contributed by atoms with E-state index in [1.54, 1.807) is 12.1 Å². The van der Waals surface area contributed by atoms with Gasteiger partial charge in [0, 0.05) is 5.02 Å². The van der Waals surface area contributed by atoms with Crippen molar-refractivity contribution >= 4 is 11.6 Å². The molecular formula is C15H12ClF3O. The first-order valence-corrected chi connectivity index (χ1v) is 6.29. The zero-order valence-electron chi connectivity index (χ0n) is 10.7. The van der Waals surface area contributed by atoms with Crippen molar-refractivity contribution in [3.8, 4) is 5.75 Å². The average molecular weight is 301 g/mol. The van der Waals surface area contributed by atoms with E-state index in [0.29, 0.717) is 16.3 Å². The topological polar surface area (TPSA) is 9.23 Å². The average Bonchev–Trinajstić information content (AvgIpc) is 2.39. The van der Waals surface area contributed by atoms with Gasteiger partial charge >= 0.3 is 6.18 Å². The third-order valence-corrected chi connectivity index (χ3v) is 3.06. The Morgan fingerprint density at radius 1 is 1.05 bits per heavy atom. The van der Waals surface area contributed by atoms with Crippen molar-refractivity contribution in [2.24, 2.45) is 0 Å². The summed E-state index contributed by atoms with van der Waals surface area (Å²) in [4.78, 5) is 0. The SMILES string of the molecule is Cc1ccc(Cl)cc1OCc1ccc(C(F)(F)F)cc1. The van der Waals surface area contributed by atoms with Crippen LogP contribution in [0.2, 0.25) is 5.02 Å². The number of benzene rings is 2. The van der Waals surface area contributed by atoms with Crippen molar-refractivity contribution in [2.45, 2.75) is 19.7 Å². The summed E-state index contributed by atoms with van der Waals surface area (Å²) in [6.07, 6.45) is -4.32. The first-order valence-electron chi connectivity index (χ1n) is 5.91. The Balaban J connectivity index is 2.06. The summed E-state index contributed by atoms with van der Waals surface area (Å²) < 4.78 is 42.8. The lowest BCUT2D eigenvalue weighted by Crippen LogP contribution is -2.05. The number of ether oxygens (including phenoxy) is 1. The minimum atomic E-state index is -4.32. The van der Waals surface area contributed by atoms with E-state index in [9.17, 15) is 13.2 Å². The van der Waals surface area contributed by atoms with Gasteiger partial charge in [0.05, 0.1) is 5.56 Å². The number of hydrogen-bond donors (Lipinski definition) is 0. The minimum Gasteiger partial charge on any atom is -0.489 e. The third-order valence-electron chi connectivity index (χ3n) is 2.83. The summed E-state index contributed by atoms with van der Waals surface area (Å²) in [6.45, 7) is 2.07. The largest absolute Gasteiger partial charge is 0.489 e. The zero-order valence-corrected chi connectivity index (χ0v) is 11.4. The first kappa shape index (κ1) is 14.7. The molecule has 0 aliphatic heterocycles. The molecule has 20 heavy (non-hydrogen) atoms. The molecule has 106 valence electrons. The van der Waals surface area contributed by atoms with Crippen molar-refractivity contribution in [3.63, 3.8) is 0 Å². The number of hydrogen-bond acceptors (Lipinski definition) is 1. The van der Waals surface area contributed by atoms with Crippen LogP contribution in [0.15, 0.2) is 42.5 Å². The summed E-state index contributed by atoms with van der Waals surface area (Å²) in [5.41, 5.74) is 0.916. The number of halogens is 4. The Labute approximate surface area is 119 Å². The van der Waals surface area contributed by atoms with E-state index >= 15 is 0 Å². The Hall–Kier alpha value is -1.68. The smallest absolute Gasteiger partial charge is 0.416 e. The molecule has 0 spiro atoms. The molecule has 1 nitrogen and oxygen atoms in total. The first-order chi connectivity index (χ1) is 9.36. The molecule has 0 aliphatic carbocycles. The van der Waals surface area contributed by atoms with Gasteiger partial charge in [0.25, 0.3) is 0 Å². The molecule has 2 aromatic rings. The van der Waals surface area contributed by atoms with Crippen molar-refractivity contribution in [3.05, 3.63) is 64.2 Å². The molecule has 0 atom stereocenters. The van der Waals surface area contributed by atoms with Crippen LogP contribution in [0.25, 0.3) is 0 Å². The fourth-order valence-corrected chi connectivity index (χ4v) is 1.84. The fourth-order valence-electron chi connectivity index (χ4n) is 1.68. The molecular weight excluding hydrogens is 289 g/mol. The van der Waals surface area contributed by atoms with Gasteiger partial charge in [-0.05, 0) is 42.3 Å². The van der Waals surface area contributed by atoms with Crippen LogP contribution in [0.1, 0.15) is 16.7 Å². The zero-order chi connectivity index (χ0) is 14.8. The molecule has 0 aromatic heterocycles. The van der Waals surface area contributed by atoms with Crippen molar-refractivity contribution in [1.29, 1.82) is 0 Å². The molecule has 0 N–H and O–H groups in total. The van der Waals surface area contributed by atoms with Gasteiger partial charge in [0.1, 0.15) is 12.4 Å². The highest BCUT2D eigenvalue weighted by Crippen LogP contribution is 2.29. The normalized spacial score (nSPS) is 11.4. The van der Waals surface area contributed by atoms with E-state index in [2.05, 4.69) is 0 Å². The van der Waals surface area contributed by atoms with Crippen LogP contribution in [0.3, 0.4) is 0 Å². The highest BCUT2D eigenvalue weighted by atomic mass is 35.5. The lowest BCUT2D eigenvalue weighted by Gasteiger charge is -2.11. The van der Waals surface area contributed by atoms with Gasteiger partial charge in [-0.25, -0.2) is 0 Å². The van der Waals surface area contributed by atoms with E-state index in [4.69, 9.17) is 16.3 Å². The molecule has 0 saturated heterocycles. The van der Waals surface area contributed by atoms with E-state index in [1.807, 2.05) is 13.0 Å². The molecule has 0 saturated carbocycles. The molecule has 5 heteroatoms. The van der Waals surface area contributed by atoms with Crippen LogP contribution in [0.4, 0.5) is 13.2 Å².